The maximum atomic E-state index is 13.1. The normalized spacial score (nSPS) is 18.5. The smallest absolute Gasteiger partial charge is 0.273 e. The third-order valence-electron chi connectivity index (χ3n) is 6.26. The molecule has 174 valence electrons. The van der Waals surface area contributed by atoms with Gasteiger partial charge in [-0.05, 0) is 49.8 Å². The van der Waals surface area contributed by atoms with Gasteiger partial charge in [-0.2, -0.15) is 0 Å². The van der Waals surface area contributed by atoms with Crippen LogP contribution in [0.25, 0.3) is 33.7 Å². The number of aliphatic hydroxyl groups excluding tert-OH is 1. The minimum absolute atomic E-state index is 0.00759. The maximum absolute atomic E-state index is 13.1. The van der Waals surface area contributed by atoms with Crippen molar-refractivity contribution in [1.82, 2.24) is 25.3 Å². The van der Waals surface area contributed by atoms with E-state index in [9.17, 15) is 9.90 Å². The van der Waals surface area contributed by atoms with Crippen molar-refractivity contribution in [2.24, 2.45) is 5.92 Å². The molecule has 9 heteroatoms. The van der Waals surface area contributed by atoms with Gasteiger partial charge in [0.25, 0.3) is 5.91 Å². The molecule has 5 rings (SSSR count). The van der Waals surface area contributed by atoms with Crippen molar-refractivity contribution in [3.8, 4) is 22.8 Å². The fourth-order valence-corrected chi connectivity index (χ4v) is 4.41. The average molecular weight is 459 g/mol. The molecule has 0 saturated heterocycles. The molecule has 1 amide bonds. The summed E-state index contributed by atoms with van der Waals surface area (Å²) in [7, 11) is 0. The molecule has 4 N–H and O–H groups in total. The summed E-state index contributed by atoms with van der Waals surface area (Å²) in [6, 6.07) is 9.52. The molecule has 1 aliphatic rings. The van der Waals surface area contributed by atoms with Crippen molar-refractivity contribution in [3.05, 3.63) is 54.7 Å². The Morgan fingerprint density at radius 3 is 2.85 bits per heavy atom. The lowest BCUT2D eigenvalue weighted by molar-refractivity contribution is 0.0941. The second-order valence-corrected chi connectivity index (χ2v) is 8.64. The van der Waals surface area contributed by atoms with Gasteiger partial charge in [-0.3, -0.25) is 9.78 Å². The van der Waals surface area contributed by atoms with E-state index in [1.807, 2.05) is 30.3 Å². The highest BCUT2D eigenvalue weighted by molar-refractivity contribution is 5.98. The Morgan fingerprint density at radius 1 is 1.09 bits per heavy atom. The van der Waals surface area contributed by atoms with Crippen LogP contribution in [0, 0.1) is 5.92 Å². The molecule has 9 nitrogen and oxygen atoms in total. The van der Waals surface area contributed by atoms with Crippen molar-refractivity contribution in [1.29, 1.82) is 0 Å². The number of amides is 1. The van der Waals surface area contributed by atoms with Crippen LogP contribution >= 0.6 is 0 Å². The number of pyridine rings is 1. The second-order valence-electron chi connectivity index (χ2n) is 8.64. The molecule has 3 aromatic heterocycles. The van der Waals surface area contributed by atoms with Gasteiger partial charge in [-0.15, -0.1) is 0 Å². The number of anilines is 1. The van der Waals surface area contributed by atoms with Crippen LogP contribution in [0.2, 0.25) is 0 Å². The van der Waals surface area contributed by atoms with Crippen molar-refractivity contribution < 1.29 is 14.3 Å². The molecule has 1 aliphatic carbocycles. The molecule has 1 fully saturated rings. The van der Waals surface area contributed by atoms with Gasteiger partial charge in [0.2, 0.25) is 5.89 Å². The fourth-order valence-electron chi connectivity index (χ4n) is 4.41. The van der Waals surface area contributed by atoms with Gasteiger partial charge < -0.3 is 20.6 Å². The molecule has 34 heavy (non-hydrogen) atoms. The number of hydrogen-bond donors (Lipinski definition) is 3. The van der Waals surface area contributed by atoms with E-state index in [4.69, 9.17) is 10.2 Å². The highest BCUT2D eigenvalue weighted by Crippen LogP contribution is 2.31. The monoisotopic (exact) mass is 458 g/mol. The molecule has 0 bridgehead atoms. The quantitative estimate of drug-likeness (QED) is 0.385. The first kappa shape index (κ1) is 22.0. The van der Waals surface area contributed by atoms with Crippen LogP contribution in [0.4, 0.5) is 5.82 Å². The lowest BCUT2D eigenvalue weighted by Crippen LogP contribution is -2.31. The maximum Gasteiger partial charge on any atom is 0.273 e. The Kier molecular flexibility index (Phi) is 6.18. The average Bonchev–Trinajstić information content (AvgIpc) is 3.31. The molecule has 2 unspecified atom stereocenters. The summed E-state index contributed by atoms with van der Waals surface area (Å²) >= 11 is 0. The highest BCUT2D eigenvalue weighted by atomic mass is 16.3. The molecule has 0 aliphatic heterocycles. The van der Waals surface area contributed by atoms with E-state index in [0.29, 0.717) is 23.9 Å². The standard InChI is InChI=1S/C25H26N6O3/c26-23-22(24(33)29-14-15-3-1-5-18(32)8-6-15)30-20(21(31-23)25-28-11-12-34-25)17-7-9-19-16(13-17)4-2-10-27-19/h2,4,7,9-13,15,18,32H,1,3,5-6,8,14H2,(H2,26,31)(H,29,33). The largest absolute Gasteiger partial charge is 0.443 e. The van der Waals surface area contributed by atoms with Crippen LogP contribution in [0.15, 0.2) is 53.4 Å². The van der Waals surface area contributed by atoms with Gasteiger partial charge in [0.15, 0.2) is 17.2 Å². The third-order valence-corrected chi connectivity index (χ3v) is 6.26. The van der Waals surface area contributed by atoms with Crippen LogP contribution in [-0.2, 0) is 0 Å². The van der Waals surface area contributed by atoms with Crippen LogP contribution in [-0.4, -0.2) is 43.6 Å². The molecule has 0 spiro atoms. The van der Waals surface area contributed by atoms with E-state index in [1.165, 1.54) is 12.5 Å². The molecule has 1 aromatic carbocycles. The molecule has 2 atom stereocenters. The number of benzene rings is 1. The summed E-state index contributed by atoms with van der Waals surface area (Å²) < 4.78 is 5.47. The van der Waals surface area contributed by atoms with Crippen molar-refractivity contribution in [2.75, 3.05) is 12.3 Å². The van der Waals surface area contributed by atoms with E-state index < -0.39 is 0 Å². The number of carbonyl (C=O) groups excluding carboxylic acids is 1. The molecule has 1 saturated carbocycles. The van der Waals surface area contributed by atoms with Gasteiger partial charge in [-0.1, -0.05) is 18.6 Å². The number of nitrogen functional groups attached to an aromatic ring is 1. The van der Waals surface area contributed by atoms with Gasteiger partial charge in [0.05, 0.1) is 17.8 Å². The Balaban J connectivity index is 1.48. The Morgan fingerprint density at radius 2 is 2.00 bits per heavy atom. The Labute approximate surface area is 196 Å². The summed E-state index contributed by atoms with van der Waals surface area (Å²) in [5.74, 6) is 0.212. The first-order valence-electron chi connectivity index (χ1n) is 11.5. The zero-order valence-corrected chi connectivity index (χ0v) is 18.6. The van der Waals surface area contributed by atoms with Crippen LogP contribution in [0.1, 0.15) is 42.6 Å². The molecule has 4 aromatic rings. The number of hydrogen-bond acceptors (Lipinski definition) is 8. The number of oxazole rings is 1. The second kappa shape index (κ2) is 9.56. The zero-order chi connectivity index (χ0) is 23.5. The van der Waals surface area contributed by atoms with Crippen molar-refractivity contribution in [3.63, 3.8) is 0 Å². The summed E-state index contributed by atoms with van der Waals surface area (Å²) in [5, 5.41) is 13.8. The molecule has 3 heterocycles. The van der Waals surface area contributed by atoms with Gasteiger partial charge in [-0.25, -0.2) is 15.0 Å². The Bertz CT molecular complexity index is 1310. The molecular weight excluding hydrogens is 432 g/mol. The summed E-state index contributed by atoms with van der Waals surface area (Å²) in [4.78, 5) is 30.7. The van der Waals surface area contributed by atoms with Gasteiger partial charge in [0, 0.05) is 23.7 Å². The summed E-state index contributed by atoms with van der Waals surface area (Å²) in [6.07, 6.45) is 8.84. The Hall–Kier alpha value is -3.85. The lowest BCUT2D eigenvalue weighted by Gasteiger charge is -2.16. The first-order valence-corrected chi connectivity index (χ1v) is 11.5. The predicted molar refractivity (Wildman–Crippen MR) is 128 cm³/mol. The number of aromatic nitrogens is 4. The molecule has 0 radical (unpaired) electrons. The zero-order valence-electron chi connectivity index (χ0n) is 18.6. The van der Waals surface area contributed by atoms with E-state index in [-0.39, 0.29) is 29.4 Å². The van der Waals surface area contributed by atoms with Gasteiger partial charge in [0.1, 0.15) is 12.0 Å². The van der Waals surface area contributed by atoms with E-state index >= 15 is 0 Å². The summed E-state index contributed by atoms with van der Waals surface area (Å²) in [6.45, 7) is 0.505. The number of carbonyl (C=O) groups is 1. The third kappa shape index (κ3) is 4.60. The fraction of sp³-hybridized carbons (Fsp3) is 0.320. The number of nitrogens with one attached hydrogen (secondary N) is 1. The number of aliphatic hydroxyl groups is 1. The van der Waals surface area contributed by atoms with Crippen LogP contribution < -0.4 is 11.1 Å². The predicted octanol–water partition coefficient (Wildman–Crippen LogP) is 3.60. The SMILES string of the molecule is Nc1nc(-c2ncco2)c(-c2ccc3ncccc3c2)nc1C(=O)NCC1CCCC(O)CC1. The minimum Gasteiger partial charge on any atom is -0.443 e. The highest BCUT2D eigenvalue weighted by Gasteiger charge is 2.23. The molecular formula is C25H26N6O3. The van der Waals surface area contributed by atoms with E-state index in [2.05, 4.69) is 25.3 Å². The van der Waals surface area contributed by atoms with E-state index in [1.54, 1.807) is 6.20 Å². The number of nitrogens with zero attached hydrogens (tertiary/aromatic N) is 4. The van der Waals surface area contributed by atoms with Crippen LogP contribution in [0.5, 0.6) is 0 Å². The van der Waals surface area contributed by atoms with Crippen LogP contribution in [0.3, 0.4) is 0 Å². The lowest BCUT2D eigenvalue weighted by atomic mass is 10.0. The van der Waals surface area contributed by atoms with Gasteiger partial charge >= 0.3 is 0 Å². The summed E-state index contributed by atoms with van der Waals surface area (Å²) in [5.41, 5.74) is 8.63. The topological polar surface area (TPSA) is 140 Å². The van der Waals surface area contributed by atoms with E-state index in [0.717, 1.165) is 48.6 Å². The minimum atomic E-state index is -0.377. The van der Waals surface area contributed by atoms with Crippen molar-refractivity contribution >= 4 is 22.6 Å². The number of nitrogens with two attached hydrogens (primary N) is 1. The number of rotatable bonds is 5. The number of fused-ring (bicyclic) bond motifs is 1. The first-order chi connectivity index (χ1) is 16.6. The van der Waals surface area contributed by atoms with Crippen molar-refractivity contribution in [2.45, 2.75) is 38.2 Å².